The molecule has 122 valence electrons. The third-order valence-electron chi connectivity index (χ3n) is 2.72. The number of carbonyl (C=O) groups is 2. The zero-order chi connectivity index (χ0) is 16.9. The van der Waals surface area contributed by atoms with Gasteiger partial charge in [-0.05, 0) is 17.7 Å². The van der Waals surface area contributed by atoms with Gasteiger partial charge in [-0.1, -0.05) is 17.3 Å². The molecule has 0 aliphatic heterocycles. The van der Waals surface area contributed by atoms with E-state index in [4.69, 9.17) is 4.52 Å². The van der Waals surface area contributed by atoms with Crippen molar-refractivity contribution in [3.8, 4) is 0 Å². The molecule has 2 amide bonds. The number of hydrogen-bond donors (Lipinski definition) is 2. The van der Waals surface area contributed by atoms with Gasteiger partial charge in [0.05, 0.1) is 12.6 Å². The summed E-state index contributed by atoms with van der Waals surface area (Å²) < 4.78 is 40.6. The Labute approximate surface area is 128 Å². The molecule has 0 fully saturated rings. The van der Waals surface area contributed by atoms with E-state index in [2.05, 4.69) is 10.5 Å². The number of carbonyl (C=O) groups excluding carboxylic acids is 2. The number of amides is 2. The van der Waals surface area contributed by atoms with Crippen molar-refractivity contribution in [2.45, 2.75) is 12.6 Å². The van der Waals surface area contributed by atoms with Crippen LogP contribution >= 0.6 is 0 Å². The molecule has 2 rings (SSSR count). The van der Waals surface area contributed by atoms with Crippen molar-refractivity contribution in [3.63, 3.8) is 0 Å². The lowest BCUT2D eigenvalue weighted by molar-refractivity contribution is -0.138. The average Bonchev–Trinajstić information content (AvgIpc) is 3.01. The number of alkyl halides is 3. The first-order valence-corrected chi connectivity index (χ1v) is 6.48. The van der Waals surface area contributed by atoms with E-state index in [1.54, 1.807) is 5.32 Å². The minimum Gasteiger partial charge on any atom is -0.351 e. The summed E-state index contributed by atoms with van der Waals surface area (Å²) in [6, 6.07) is 7.52. The van der Waals surface area contributed by atoms with Crippen molar-refractivity contribution in [1.82, 2.24) is 10.5 Å². The Morgan fingerprint density at radius 2 is 1.83 bits per heavy atom. The van der Waals surface area contributed by atoms with E-state index in [0.717, 1.165) is 0 Å². The van der Waals surface area contributed by atoms with Crippen molar-refractivity contribution < 1.29 is 27.3 Å². The van der Waals surface area contributed by atoms with Crippen LogP contribution in [0.2, 0.25) is 0 Å². The summed E-state index contributed by atoms with van der Waals surface area (Å²) in [5.41, 5.74) is 0.966. The minimum absolute atomic E-state index is 0.0422. The minimum atomic E-state index is -4.44. The van der Waals surface area contributed by atoms with E-state index >= 15 is 0 Å². The maximum Gasteiger partial charge on any atom is 0.405 e. The Balaban J connectivity index is 1.87. The van der Waals surface area contributed by atoms with Gasteiger partial charge in [-0.3, -0.25) is 9.59 Å². The Bertz CT molecular complexity index is 667. The average molecular weight is 327 g/mol. The van der Waals surface area contributed by atoms with Crippen LogP contribution in [0.3, 0.4) is 0 Å². The van der Waals surface area contributed by atoms with E-state index < -0.39 is 24.5 Å². The first kappa shape index (κ1) is 16.5. The number of rotatable bonds is 5. The standard InChI is InChI=1S/C14H12F3N3O3/c15-14(16,17)8-18-12(21)7-9-1-3-10(4-2-9)20-13(22)11-5-6-19-23-11/h1-6H,7-8H2,(H,18,21)(H,20,22). The van der Waals surface area contributed by atoms with Crippen LogP contribution in [-0.2, 0) is 11.2 Å². The van der Waals surface area contributed by atoms with Crippen molar-refractivity contribution in [2.24, 2.45) is 0 Å². The normalized spacial score (nSPS) is 11.1. The molecular weight excluding hydrogens is 315 g/mol. The largest absolute Gasteiger partial charge is 0.405 e. The Morgan fingerprint density at radius 1 is 1.13 bits per heavy atom. The second-order valence-electron chi connectivity index (χ2n) is 4.60. The monoisotopic (exact) mass is 327 g/mol. The summed E-state index contributed by atoms with van der Waals surface area (Å²) in [5.74, 6) is -1.18. The van der Waals surface area contributed by atoms with Gasteiger partial charge in [0.2, 0.25) is 11.7 Å². The van der Waals surface area contributed by atoms with Crippen LogP contribution in [0.15, 0.2) is 41.1 Å². The van der Waals surface area contributed by atoms with E-state index in [1.165, 1.54) is 36.5 Å². The lowest BCUT2D eigenvalue weighted by Gasteiger charge is -2.09. The molecule has 0 spiro atoms. The number of aromatic nitrogens is 1. The highest BCUT2D eigenvalue weighted by atomic mass is 19.4. The highest BCUT2D eigenvalue weighted by Crippen LogP contribution is 2.14. The zero-order valence-electron chi connectivity index (χ0n) is 11.7. The molecule has 6 nitrogen and oxygen atoms in total. The topological polar surface area (TPSA) is 84.2 Å². The van der Waals surface area contributed by atoms with Gasteiger partial charge < -0.3 is 15.2 Å². The molecule has 1 aromatic carbocycles. The second-order valence-corrected chi connectivity index (χ2v) is 4.60. The fourth-order valence-corrected chi connectivity index (χ4v) is 1.68. The third kappa shape index (κ3) is 5.46. The second kappa shape index (κ2) is 6.95. The molecule has 0 bridgehead atoms. The fraction of sp³-hybridized carbons (Fsp3) is 0.214. The number of nitrogens with zero attached hydrogens (tertiary/aromatic N) is 1. The van der Waals surface area contributed by atoms with Crippen LogP contribution in [-0.4, -0.2) is 29.7 Å². The first-order chi connectivity index (χ1) is 10.8. The Morgan fingerprint density at radius 3 is 2.39 bits per heavy atom. The maximum absolute atomic E-state index is 12.0. The van der Waals surface area contributed by atoms with Crippen molar-refractivity contribution in [2.75, 3.05) is 11.9 Å². The number of nitrogens with one attached hydrogen (secondary N) is 2. The van der Waals surface area contributed by atoms with Crippen LogP contribution in [0.4, 0.5) is 18.9 Å². The predicted molar refractivity (Wildman–Crippen MR) is 73.7 cm³/mol. The van der Waals surface area contributed by atoms with Gasteiger partial charge in [0.25, 0.3) is 5.91 Å². The molecule has 0 unspecified atom stereocenters. The molecule has 1 aromatic heterocycles. The summed E-state index contributed by atoms with van der Waals surface area (Å²) in [6.07, 6.45) is -3.30. The summed E-state index contributed by atoms with van der Waals surface area (Å²) >= 11 is 0. The molecule has 0 aliphatic rings. The van der Waals surface area contributed by atoms with Crippen LogP contribution in [0, 0.1) is 0 Å². The zero-order valence-corrected chi connectivity index (χ0v) is 11.7. The summed E-state index contributed by atoms with van der Waals surface area (Å²) in [4.78, 5) is 23.1. The smallest absolute Gasteiger partial charge is 0.351 e. The van der Waals surface area contributed by atoms with Crippen molar-refractivity contribution in [3.05, 3.63) is 47.9 Å². The van der Waals surface area contributed by atoms with Crippen LogP contribution in [0.5, 0.6) is 0 Å². The molecule has 9 heteroatoms. The Kier molecular flexibility index (Phi) is 4.99. The van der Waals surface area contributed by atoms with Crippen molar-refractivity contribution >= 4 is 17.5 Å². The highest BCUT2D eigenvalue weighted by molar-refractivity contribution is 6.02. The van der Waals surface area contributed by atoms with Crippen LogP contribution in [0.25, 0.3) is 0 Å². The van der Waals surface area contributed by atoms with E-state index in [9.17, 15) is 22.8 Å². The molecule has 0 radical (unpaired) electrons. The fourth-order valence-electron chi connectivity index (χ4n) is 1.68. The van der Waals surface area contributed by atoms with Gasteiger partial charge in [0.15, 0.2) is 0 Å². The van der Waals surface area contributed by atoms with Gasteiger partial charge in [-0.15, -0.1) is 0 Å². The van der Waals surface area contributed by atoms with Crippen molar-refractivity contribution in [1.29, 1.82) is 0 Å². The molecular formula is C14H12F3N3O3. The van der Waals surface area contributed by atoms with Gasteiger partial charge >= 0.3 is 6.18 Å². The van der Waals surface area contributed by atoms with E-state index in [1.807, 2.05) is 0 Å². The molecule has 2 aromatic rings. The number of anilines is 1. The molecule has 0 aliphatic carbocycles. The van der Waals surface area contributed by atoms with Gasteiger partial charge in [0.1, 0.15) is 6.54 Å². The lowest BCUT2D eigenvalue weighted by Crippen LogP contribution is -2.34. The molecule has 0 saturated heterocycles. The highest BCUT2D eigenvalue weighted by Gasteiger charge is 2.27. The summed E-state index contributed by atoms with van der Waals surface area (Å²) in [6.45, 7) is -1.36. The summed E-state index contributed by atoms with van der Waals surface area (Å²) in [5, 5.41) is 7.74. The van der Waals surface area contributed by atoms with Gasteiger partial charge in [-0.25, -0.2) is 0 Å². The molecule has 2 N–H and O–H groups in total. The summed E-state index contributed by atoms with van der Waals surface area (Å²) in [7, 11) is 0. The number of hydrogen-bond acceptors (Lipinski definition) is 4. The van der Waals surface area contributed by atoms with Gasteiger partial charge in [0, 0.05) is 11.8 Å². The SMILES string of the molecule is O=C(Cc1ccc(NC(=O)c2ccno2)cc1)NCC(F)(F)F. The third-order valence-corrected chi connectivity index (χ3v) is 2.72. The van der Waals surface area contributed by atoms with E-state index in [0.29, 0.717) is 11.3 Å². The first-order valence-electron chi connectivity index (χ1n) is 6.48. The molecule has 0 saturated carbocycles. The van der Waals surface area contributed by atoms with E-state index in [-0.39, 0.29) is 12.2 Å². The quantitative estimate of drug-likeness (QED) is 0.881. The van der Waals surface area contributed by atoms with Crippen LogP contribution < -0.4 is 10.6 Å². The van der Waals surface area contributed by atoms with Crippen LogP contribution in [0.1, 0.15) is 16.1 Å². The number of benzene rings is 1. The molecule has 0 atom stereocenters. The van der Waals surface area contributed by atoms with Gasteiger partial charge in [-0.2, -0.15) is 13.2 Å². The molecule has 1 heterocycles. The Hall–Kier alpha value is -2.84. The molecule has 23 heavy (non-hydrogen) atoms. The maximum atomic E-state index is 12.0. The number of halogens is 3. The predicted octanol–water partition coefficient (Wildman–Crippen LogP) is 2.15. The lowest BCUT2D eigenvalue weighted by atomic mass is 10.1.